The first-order valence-corrected chi connectivity index (χ1v) is 9.10. The first kappa shape index (κ1) is 16.5. The van der Waals surface area contributed by atoms with Crippen LogP contribution < -0.4 is 5.32 Å². The van der Waals surface area contributed by atoms with Gasteiger partial charge in [-0.1, -0.05) is 18.1 Å². The summed E-state index contributed by atoms with van der Waals surface area (Å²) in [5, 5.41) is 22.2. The Labute approximate surface area is 140 Å². The zero-order valence-electron chi connectivity index (χ0n) is 14.0. The lowest BCUT2D eigenvalue weighted by molar-refractivity contribution is 0.0736. The lowest BCUT2D eigenvalue weighted by atomic mass is 9.90. The Kier molecular flexibility index (Phi) is 4.79. The largest absolute Gasteiger partial charge is 0.384 e. The van der Waals surface area contributed by atoms with Crippen LogP contribution in [0.2, 0.25) is 0 Å². The Morgan fingerprint density at radius 2 is 2.17 bits per heavy atom. The van der Waals surface area contributed by atoms with Crippen LogP contribution >= 0.6 is 11.3 Å². The van der Waals surface area contributed by atoms with Crippen molar-refractivity contribution in [2.75, 3.05) is 0 Å². The van der Waals surface area contributed by atoms with Crippen molar-refractivity contribution in [2.24, 2.45) is 0 Å². The van der Waals surface area contributed by atoms with E-state index in [1.54, 1.807) is 25.2 Å². The van der Waals surface area contributed by atoms with Crippen molar-refractivity contribution in [2.45, 2.75) is 70.7 Å². The van der Waals surface area contributed by atoms with Crippen molar-refractivity contribution in [1.82, 2.24) is 25.3 Å². The summed E-state index contributed by atoms with van der Waals surface area (Å²) in [5.74, 6) is 0. The number of rotatable bonds is 5. The van der Waals surface area contributed by atoms with Crippen LogP contribution in [0.1, 0.15) is 61.8 Å². The monoisotopic (exact) mass is 335 g/mol. The third kappa shape index (κ3) is 3.79. The molecular formula is C16H25N5OS. The number of aliphatic hydroxyl groups is 1. The summed E-state index contributed by atoms with van der Waals surface area (Å²) in [6.45, 7) is 6.39. The Bertz CT molecular complexity index is 645. The number of thiazole rings is 1. The van der Waals surface area contributed by atoms with E-state index >= 15 is 0 Å². The van der Waals surface area contributed by atoms with Crippen LogP contribution in [0.5, 0.6) is 0 Å². The number of aromatic nitrogens is 4. The van der Waals surface area contributed by atoms with E-state index in [1.807, 2.05) is 16.4 Å². The quantitative estimate of drug-likeness (QED) is 0.878. The first-order chi connectivity index (χ1) is 10.9. The molecule has 2 N–H and O–H groups in total. The van der Waals surface area contributed by atoms with E-state index in [4.69, 9.17) is 0 Å². The van der Waals surface area contributed by atoms with E-state index in [2.05, 4.69) is 27.5 Å². The molecule has 2 aromatic heterocycles. The Balaban J connectivity index is 1.71. The highest BCUT2D eigenvalue weighted by Gasteiger charge is 2.29. The van der Waals surface area contributed by atoms with E-state index < -0.39 is 5.60 Å². The average molecular weight is 335 g/mol. The summed E-state index contributed by atoms with van der Waals surface area (Å²) in [6.07, 6.45) is 6.57. The minimum Gasteiger partial charge on any atom is -0.384 e. The lowest BCUT2D eigenvalue weighted by Crippen LogP contribution is -2.39. The molecule has 0 aromatic carbocycles. The number of aryl methyl sites for hydroxylation is 1. The van der Waals surface area contributed by atoms with Gasteiger partial charge >= 0.3 is 0 Å². The molecule has 1 aliphatic rings. The summed E-state index contributed by atoms with van der Waals surface area (Å²) < 4.78 is 1.93. The maximum atomic E-state index is 10.1. The van der Waals surface area contributed by atoms with Crippen molar-refractivity contribution in [3.05, 3.63) is 28.0 Å². The lowest BCUT2D eigenvalue weighted by Gasteiger charge is -2.32. The van der Waals surface area contributed by atoms with Crippen LogP contribution in [0.25, 0.3) is 0 Å². The molecule has 1 saturated carbocycles. The summed E-state index contributed by atoms with van der Waals surface area (Å²) in [5.41, 5.74) is 2.69. The van der Waals surface area contributed by atoms with Gasteiger partial charge in [-0.3, -0.25) is 0 Å². The van der Waals surface area contributed by atoms with E-state index in [-0.39, 0.29) is 0 Å². The third-order valence-electron chi connectivity index (χ3n) is 4.58. The summed E-state index contributed by atoms with van der Waals surface area (Å²) in [7, 11) is 0. The zero-order valence-corrected chi connectivity index (χ0v) is 14.8. The number of hydrogen-bond acceptors (Lipinski definition) is 6. The topological polar surface area (TPSA) is 75.9 Å². The third-order valence-corrected chi connectivity index (χ3v) is 5.51. The molecule has 0 unspecified atom stereocenters. The molecule has 6 nitrogen and oxygen atoms in total. The molecule has 2 aromatic rings. The summed E-state index contributed by atoms with van der Waals surface area (Å²) >= 11 is 1.70. The second-order valence-electron chi connectivity index (χ2n) is 6.84. The molecule has 7 heteroatoms. The molecule has 3 rings (SSSR count). The van der Waals surface area contributed by atoms with E-state index in [1.165, 1.54) is 17.7 Å². The standard InChI is InChI=1S/C16H25N5OS/c1-11-14(23-10-18-11)8-17-12-6-4-5-7-13(12)21-9-15(19-20-21)16(2,3)22/h9-10,12-13,17,22H,4-8H2,1-3H3/t12-,13+/m0/s1. The van der Waals surface area contributed by atoms with Crippen molar-refractivity contribution >= 4 is 11.3 Å². The fraction of sp³-hybridized carbons (Fsp3) is 0.688. The molecule has 0 saturated heterocycles. The smallest absolute Gasteiger partial charge is 0.114 e. The molecule has 0 spiro atoms. The molecule has 126 valence electrons. The van der Waals surface area contributed by atoms with Crippen molar-refractivity contribution in [1.29, 1.82) is 0 Å². The van der Waals surface area contributed by atoms with Gasteiger partial charge in [-0.25, -0.2) is 9.67 Å². The van der Waals surface area contributed by atoms with Crippen LogP contribution in [-0.2, 0) is 12.1 Å². The molecule has 23 heavy (non-hydrogen) atoms. The predicted molar refractivity (Wildman–Crippen MR) is 90.3 cm³/mol. The molecule has 2 heterocycles. The van der Waals surface area contributed by atoms with Gasteiger partial charge in [0.2, 0.25) is 0 Å². The highest BCUT2D eigenvalue weighted by molar-refractivity contribution is 7.09. The van der Waals surface area contributed by atoms with E-state index in [9.17, 15) is 5.11 Å². The van der Waals surface area contributed by atoms with Crippen molar-refractivity contribution < 1.29 is 5.11 Å². The fourth-order valence-electron chi connectivity index (χ4n) is 3.10. The van der Waals surface area contributed by atoms with Gasteiger partial charge in [0.15, 0.2) is 0 Å². The first-order valence-electron chi connectivity index (χ1n) is 8.22. The van der Waals surface area contributed by atoms with Crippen LogP contribution in [0.15, 0.2) is 11.7 Å². The van der Waals surface area contributed by atoms with Gasteiger partial charge in [0.05, 0.1) is 23.4 Å². The van der Waals surface area contributed by atoms with Gasteiger partial charge in [0.1, 0.15) is 11.3 Å². The van der Waals surface area contributed by atoms with Gasteiger partial charge in [-0.05, 0) is 33.6 Å². The number of nitrogens with one attached hydrogen (secondary N) is 1. The number of nitrogens with zero attached hydrogens (tertiary/aromatic N) is 4. The van der Waals surface area contributed by atoms with E-state index in [0.29, 0.717) is 17.8 Å². The summed E-state index contributed by atoms with van der Waals surface area (Å²) in [6, 6.07) is 0.669. The second kappa shape index (κ2) is 6.67. The fourth-order valence-corrected chi connectivity index (χ4v) is 3.83. The molecule has 0 amide bonds. The maximum Gasteiger partial charge on any atom is 0.114 e. The van der Waals surface area contributed by atoms with Gasteiger partial charge < -0.3 is 10.4 Å². The Morgan fingerprint density at radius 1 is 1.39 bits per heavy atom. The molecule has 2 atom stereocenters. The average Bonchev–Trinajstić information content (AvgIpc) is 3.14. The maximum absolute atomic E-state index is 10.1. The minimum atomic E-state index is -0.949. The molecule has 0 bridgehead atoms. The van der Waals surface area contributed by atoms with Crippen molar-refractivity contribution in [3.63, 3.8) is 0 Å². The highest BCUT2D eigenvalue weighted by Crippen LogP contribution is 2.29. The van der Waals surface area contributed by atoms with Gasteiger partial charge in [0.25, 0.3) is 0 Å². The SMILES string of the molecule is Cc1ncsc1CN[C@H]1CCCC[C@H]1n1cc(C(C)(C)O)nn1. The Morgan fingerprint density at radius 3 is 2.83 bits per heavy atom. The van der Waals surface area contributed by atoms with Crippen LogP contribution in [-0.4, -0.2) is 31.1 Å². The molecule has 1 aliphatic carbocycles. The van der Waals surface area contributed by atoms with Gasteiger partial charge in [0, 0.05) is 17.5 Å². The predicted octanol–water partition coefficient (Wildman–Crippen LogP) is 2.54. The summed E-state index contributed by atoms with van der Waals surface area (Å²) in [4.78, 5) is 5.61. The van der Waals surface area contributed by atoms with E-state index in [0.717, 1.165) is 25.1 Å². The van der Waals surface area contributed by atoms with Crippen LogP contribution in [0, 0.1) is 6.92 Å². The van der Waals surface area contributed by atoms with Crippen LogP contribution in [0.4, 0.5) is 0 Å². The van der Waals surface area contributed by atoms with Gasteiger partial charge in [-0.15, -0.1) is 16.4 Å². The molecular weight excluding hydrogens is 310 g/mol. The Hall–Kier alpha value is -1.31. The van der Waals surface area contributed by atoms with Gasteiger partial charge in [-0.2, -0.15) is 0 Å². The molecule has 0 radical (unpaired) electrons. The van der Waals surface area contributed by atoms with Crippen LogP contribution in [0.3, 0.4) is 0 Å². The minimum absolute atomic E-state index is 0.292. The molecule has 0 aliphatic heterocycles. The highest BCUT2D eigenvalue weighted by atomic mass is 32.1. The number of hydrogen-bond donors (Lipinski definition) is 2. The zero-order chi connectivity index (χ0) is 16.4. The normalized spacial score (nSPS) is 22.4. The molecule has 1 fully saturated rings. The second-order valence-corrected chi connectivity index (χ2v) is 7.78. The van der Waals surface area contributed by atoms with Crippen molar-refractivity contribution in [3.8, 4) is 0 Å².